The van der Waals surface area contributed by atoms with Gasteiger partial charge in [-0.2, -0.15) is 0 Å². The Labute approximate surface area is 218 Å². The monoisotopic (exact) mass is 501 g/mol. The second-order valence-electron chi connectivity index (χ2n) is 9.92. The molecule has 7 heteroatoms. The van der Waals surface area contributed by atoms with Crippen LogP contribution in [0.5, 0.6) is 0 Å². The molecule has 1 atom stereocenters. The van der Waals surface area contributed by atoms with Gasteiger partial charge in [0.1, 0.15) is 0 Å². The molecule has 0 saturated carbocycles. The molecule has 4 rings (SSSR count). The third-order valence-electron chi connectivity index (χ3n) is 6.90. The van der Waals surface area contributed by atoms with Gasteiger partial charge in [0, 0.05) is 25.1 Å². The van der Waals surface area contributed by atoms with E-state index in [9.17, 15) is 9.59 Å². The lowest BCUT2D eigenvalue weighted by atomic mass is 9.90. The highest BCUT2D eigenvalue weighted by Gasteiger charge is 2.42. The maximum Gasteiger partial charge on any atom is 0.290 e. The maximum atomic E-state index is 13.1. The molecule has 1 N–H and O–H groups in total. The number of allylic oxidation sites excluding steroid dienone is 1. The fourth-order valence-electron chi connectivity index (χ4n) is 4.68. The Balaban J connectivity index is 1.26. The minimum atomic E-state index is -1.17. The predicted molar refractivity (Wildman–Crippen MR) is 144 cm³/mol. The quantitative estimate of drug-likeness (QED) is 0.394. The van der Waals surface area contributed by atoms with Crippen LogP contribution in [-0.2, 0) is 20.9 Å². The van der Waals surface area contributed by atoms with Crippen molar-refractivity contribution in [3.8, 4) is 0 Å². The van der Waals surface area contributed by atoms with Crippen LogP contribution in [0.1, 0.15) is 54.6 Å². The van der Waals surface area contributed by atoms with Gasteiger partial charge in [0.05, 0.1) is 12.3 Å². The molecule has 2 aromatic carbocycles. The number of nitrogens with one attached hydrogen (secondary N) is 1. The molecule has 0 aromatic heterocycles. The van der Waals surface area contributed by atoms with Gasteiger partial charge in [0.2, 0.25) is 5.60 Å². The molecule has 2 aliphatic heterocycles. The fourth-order valence-corrected chi connectivity index (χ4v) is 4.68. The summed E-state index contributed by atoms with van der Waals surface area (Å²) >= 11 is 0. The van der Waals surface area contributed by atoms with Crippen LogP contribution >= 0.6 is 0 Å². The van der Waals surface area contributed by atoms with Gasteiger partial charge in [0.25, 0.3) is 11.8 Å². The lowest BCUT2D eigenvalue weighted by Gasteiger charge is -2.32. The Hall–Kier alpha value is -3.71. The van der Waals surface area contributed by atoms with E-state index in [2.05, 4.69) is 41.5 Å². The van der Waals surface area contributed by atoms with Crippen molar-refractivity contribution < 1.29 is 19.3 Å². The molecule has 0 aliphatic carbocycles. The summed E-state index contributed by atoms with van der Waals surface area (Å²) in [5.74, 6) is 0.246. The number of oxime groups is 1. The number of piperidine rings is 1. The van der Waals surface area contributed by atoms with Crippen LogP contribution in [0.4, 0.5) is 0 Å². The molecule has 2 aliphatic rings. The summed E-state index contributed by atoms with van der Waals surface area (Å²) in [4.78, 5) is 38.3. The predicted octanol–water partition coefficient (Wildman–Crippen LogP) is 4.84. The summed E-state index contributed by atoms with van der Waals surface area (Å²) in [7, 11) is 0. The fraction of sp³-hybridized carbons (Fsp3) is 0.367. The highest BCUT2D eigenvalue weighted by molar-refractivity contribution is 6.06. The molecule has 2 heterocycles. The molecule has 2 amide bonds. The number of carbonyl (C=O) groups excluding carboxylic acids is 2. The van der Waals surface area contributed by atoms with E-state index < -0.39 is 11.5 Å². The Morgan fingerprint density at radius 2 is 1.86 bits per heavy atom. The number of likely N-dealkylation sites (tertiary alicyclic amines) is 1. The van der Waals surface area contributed by atoms with Gasteiger partial charge in [-0.25, -0.2) is 5.48 Å². The average Bonchev–Trinajstić information content (AvgIpc) is 3.33. The molecule has 194 valence electrons. The van der Waals surface area contributed by atoms with Crippen LogP contribution in [0.15, 0.2) is 84.1 Å². The third kappa shape index (κ3) is 6.74. The topological polar surface area (TPSA) is 80.2 Å². The first-order valence-corrected chi connectivity index (χ1v) is 12.8. The molecule has 1 unspecified atom stereocenters. The molecular formula is C30H35N3O4. The molecule has 2 aromatic rings. The van der Waals surface area contributed by atoms with Gasteiger partial charge in [-0.15, -0.1) is 0 Å². The molecular weight excluding hydrogens is 466 g/mol. The van der Waals surface area contributed by atoms with E-state index in [4.69, 9.17) is 9.68 Å². The van der Waals surface area contributed by atoms with Crippen molar-refractivity contribution in [1.29, 1.82) is 0 Å². The van der Waals surface area contributed by atoms with Crippen molar-refractivity contribution in [2.75, 3.05) is 19.7 Å². The Morgan fingerprint density at radius 3 is 2.54 bits per heavy atom. The number of nitrogens with zero attached hydrogens (tertiary/aromatic N) is 2. The lowest BCUT2D eigenvalue weighted by Crippen LogP contribution is -2.44. The normalized spacial score (nSPS) is 19.9. The SMILES string of the molecule is C=C(/C=C/C)CONC(=O)C1(C)CC(c2ccc(C(=O)N3CCC(Cc4ccccc4)CC3)cc2)=NO1. The zero-order chi connectivity index (χ0) is 26.3. The lowest BCUT2D eigenvalue weighted by molar-refractivity contribution is -0.154. The van der Waals surface area contributed by atoms with E-state index in [-0.39, 0.29) is 12.5 Å². The molecule has 1 saturated heterocycles. The van der Waals surface area contributed by atoms with Crippen molar-refractivity contribution in [2.24, 2.45) is 11.1 Å². The number of amides is 2. The minimum absolute atomic E-state index is 0.0511. The highest BCUT2D eigenvalue weighted by Crippen LogP contribution is 2.28. The number of carbonyl (C=O) groups is 2. The van der Waals surface area contributed by atoms with Crippen molar-refractivity contribution in [1.82, 2.24) is 10.4 Å². The molecule has 0 radical (unpaired) electrons. The smallest absolute Gasteiger partial charge is 0.290 e. The molecule has 1 fully saturated rings. The van der Waals surface area contributed by atoms with Crippen LogP contribution < -0.4 is 5.48 Å². The van der Waals surface area contributed by atoms with E-state index in [1.807, 2.05) is 54.3 Å². The van der Waals surface area contributed by atoms with E-state index >= 15 is 0 Å². The molecule has 0 spiro atoms. The van der Waals surface area contributed by atoms with Crippen LogP contribution in [-0.4, -0.2) is 47.7 Å². The summed E-state index contributed by atoms with van der Waals surface area (Å²) < 4.78 is 0. The Morgan fingerprint density at radius 1 is 1.16 bits per heavy atom. The van der Waals surface area contributed by atoms with Crippen molar-refractivity contribution in [3.63, 3.8) is 0 Å². The standard InChI is InChI=1S/C30H35N3O4/c1-4-8-22(2)21-36-32-29(35)30(3)20-27(31-37-30)25-11-13-26(14-12-25)28(34)33-17-15-24(16-18-33)19-23-9-6-5-7-10-23/h4-14,24H,2,15-21H2,1,3H3,(H,32,35)/b8-4+. The largest absolute Gasteiger partial charge is 0.379 e. The zero-order valence-electron chi connectivity index (χ0n) is 21.6. The summed E-state index contributed by atoms with van der Waals surface area (Å²) in [6.45, 7) is 9.11. The van der Waals surface area contributed by atoms with Gasteiger partial charge >= 0.3 is 0 Å². The summed E-state index contributed by atoms with van der Waals surface area (Å²) in [5, 5.41) is 4.14. The first-order valence-electron chi connectivity index (χ1n) is 12.8. The first-order chi connectivity index (χ1) is 17.9. The summed E-state index contributed by atoms with van der Waals surface area (Å²) in [5.41, 5.74) is 5.47. The zero-order valence-corrected chi connectivity index (χ0v) is 21.6. The van der Waals surface area contributed by atoms with Crippen LogP contribution in [0.3, 0.4) is 0 Å². The second kappa shape index (κ2) is 12.0. The minimum Gasteiger partial charge on any atom is -0.379 e. The third-order valence-corrected chi connectivity index (χ3v) is 6.90. The van der Waals surface area contributed by atoms with Gasteiger partial charge in [-0.3, -0.25) is 14.4 Å². The maximum absolute atomic E-state index is 13.1. The van der Waals surface area contributed by atoms with Crippen molar-refractivity contribution in [3.05, 3.63) is 95.6 Å². The number of benzene rings is 2. The second-order valence-corrected chi connectivity index (χ2v) is 9.92. The van der Waals surface area contributed by atoms with Crippen molar-refractivity contribution >= 4 is 17.5 Å². The Kier molecular flexibility index (Phi) is 8.56. The number of hydroxylamine groups is 1. The van der Waals surface area contributed by atoms with Crippen LogP contribution in [0.25, 0.3) is 0 Å². The molecule has 37 heavy (non-hydrogen) atoms. The van der Waals surface area contributed by atoms with Gasteiger partial charge in [0.15, 0.2) is 0 Å². The average molecular weight is 502 g/mol. The summed E-state index contributed by atoms with van der Waals surface area (Å²) in [6.07, 6.45) is 7.05. The Bertz CT molecular complexity index is 1170. The molecule has 0 bridgehead atoms. The number of rotatable bonds is 9. The summed E-state index contributed by atoms with van der Waals surface area (Å²) in [6, 6.07) is 17.9. The van der Waals surface area contributed by atoms with E-state index in [0.29, 0.717) is 23.6 Å². The van der Waals surface area contributed by atoms with Gasteiger partial charge < -0.3 is 9.74 Å². The van der Waals surface area contributed by atoms with Gasteiger partial charge in [-0.1, -0.05) is 66.4 Å². The first kappa shape index (κ1) is 26.4. The van der Waals surface area contributed by atoms with Crippen LogP contribution in [0.2, 0.25) is 0 Å². The number of hydrogen-bond donors (Lipinski definition) is 1. The van der Waals surface area contributed by atoms with E-state index in [1.165, 1.54) is 5.56 Å². The van der Waals surface area contributed by atoms with Crippen molar-refractivity contribution in [2.45, 2.75) is 45.1 Å². The van der Waals surface area contributed by atoms with E-state index in [1.54, 1.807) is 6.92 Å². The number of hydrogen-bond acceptors (Lipinski definition) is 5. The van der Waals surface area contributed by atoms with E-state index in [0.717, 1.165) is 43.5 Å². The van der Waals surface area contributed by atoms with Crippen LogP contribution in [0, 0.1) is 5.92 Å². The highest BCUT2D eigenvalue weighted by atomic mass is 16.7. The van der Waals surface area contributed by atoms with Gasteiger partial charge in [-0.05, 0) is 67.9 Å². The molecule has 7 nitrogen and oxygen atoms in total.